The van der Waals surface area contributed by atoms with Gasteiger partial charge in [0.25, 0.3) is 0 Å². The molecule has 0 unspecified atom stereocenters. The smallest absolute Gasteiger partial charge is 0.137 e. The molecule has 0 amide bonds. The highest BCUT2D eigenvalue weighted by atomic mass is 16.5. The molecule has 1 aromatic rings. The molecule has 0 bridgehead atoms. The van der Waals surface area contributed by atoms with Gasteiger partial charge in [-0.3, -0.25) is 0 Å². The van der Waals surface area contributed by atoms with E-state index in [4.69, 9.17) is 10.00 Å². The summed E-state index contributed by atoms with van der Waals surface area (Å²) in [5.74, 6) is 0.671. The molecule has 0 saturated carbocycles. The average Bonchev–Trinajstić information content (AvgIpc) is 2.14. The third-order valence-corrected chi connectivity index (χ3v) is 1.67. The molecule has 14 heavy (non-hydrogen) atoms. The largest absolute Gasteiger partial charge is 0.492 e. The molecule has 0 heterocycles. The first-order valence-corrected chi connectivity index (χ1v) is 4.65. The van der Waals surface area contributed by atoms with E-state index in [0.717, 1.165) is 0 Å². The molecular formula is C12H15NO. The number of para-hydroxylation sites is 1. The van der Waals surface area contributed by atoms with Gasteiger partial charge in [0.05, 0.1) is 12.2 Å². The molecule has 2 nitrogen and oxygen atoms in total. The number of nitrogens with zero attached hydrogens (tertiary/aromatic N) is 1. The molecule has 0 aliphatic rings. The molecule has 1 rings (SSSR count). The highest BCUT2D eigenvalue weighted by Crippen LogP contribution is 2.20. The van der Waals surface area contributed by atoms with Gasteiger partial charge in [0, 0.05) is 0 Å². The van der Waals surface area contributed by atoms with E-state index in [-0.39, 0.29) is 5.41 Å². The minimum absolute atomic E-state index is 0.114. The third kappa shape index (κ3) is 3.10. The Bertz CT molecular complexity index is 344. The zero-order valence-electron chi connectivity index (χ0n) is 8.87. The Labute approximate surface area is 85.1 Å². The minimum Gasteiger partial charge on any atom is -0.492 e. The van der Waals surface area contributed by atoms with E-state index in [0.29, 0.717) is 17.9 Å². The lowest BCUT2D eigenvalue weighted by Gasteiger charge is -2.19. The van der Waals surface area contributed by atoms with Crippen molar-refractivity contribution < 1.29 is 4.74 Å². The fraction of sp³-hybridized carbons (Fsp3) is 0.417. The third-order valence-electron chi connectivity index (χ3n) is 1.67. The number of nitriles is 1. The van der Waals surface area contributed by atoms with Crippen LogP contribution in [0.1, 0.15) is 26.3 Å². The maximum atomic E-state index is 8.82. The van der Waals surface area contributed by atoms with E-state index in [1.165, 1.54) is 0 Å². The van der Waals surface area contributed by atoms with E-state index < -0.39 is 0 Å². The lowest BCUT2D eigenvalue weighted by atomic mass is 9.99. The average molecular weight is 189 g/mol. The van der Waals surface area contributed by atoms with Crippen LogP contribution in [0.4, 0.5) is 0 Å². The second-order valence-corrected chi connectivity index (χ2v) is 4.46. The molecule has 0 aliphatic heterocycles. The van der Waals surface area contributed by atoms with Crippen molar-refractivity contribution in [2.75, 3.05) is 6.61 Å². The van der Waals surface area contributed by atoms with Gasteiger partial charge in [-0.2, -0.15) is 5.26 Å². The summed E-state index contributed by atoms with van der Waals surface area (Å²) in [6.45, 7) is 6.91. The molecule has 0 atom stereocenters. The predicted octanol–water partition coefficient (Wildman–Crippen LogP) is 2.98. The highest BCUT2D eigenvalue weighted by Gasteiger charge is 2.12. The summed E-state index contributed by atoms with van der Waals surface area (Å²) in [4.78, 5) is 0. The molecule has 74 valence electrons. The van der Waals surface area contributed by atoms with Crippen LogP contribution < -0.4 is 4.74 Å². The van der Waals surface area contributed by atoms with Crippen LogP contribution in [0.25, 0.3) is 0 Å². The second-order valence-electron chi connectivity index (χ2n) is 4.46. The lowest BCUT2D eigenvalue weighted by molar-refractivity contribution is 0.197. The monoisotopic (exact) mass is 189 g/mol. The van der Waals surface area contributed by atoms with Crippen molar-refractivity contribution in [1.29, 1.82) is 5.26 Å². The van der Waals surface area contributed by atoms with Crippen LogP contribution in [0.15, 0.2) is 24.3 Å². The van der Waals surface area contributed by atoms with Gasteiger partial charge in [0.1, 0.15) is 11.8 Å². The molecule has 0 saturated heterocycles. The quantitative estimate of drug-likeness (QED) is 0.716. The van der Waals surface area contributed by atoms with E-state index in [9.17, 15) is 0 Å². The maximum absolute atomic E-state index is 8.82. The van der Waals surface area contributed by atoms with Gasteiger partial charge in [0.15, 0.2) is 0 Å². The Morgan fingerprint density at radius 3 is 2.50 bits per heavy atom. The molecular weight excluding hydrogens is 174 g/mol. The molecule has 0 aromatic heterocycles. The van der Waals surface area contributed by atoms with E-state index in [1.54, 1.807) is 6.07 Å². The normalized spacial score (nSPS) is 10.7. The number of rotatable bonds is 2. The maximum Gasteiger partial charge on any atom is 0.137 e. The summed E-state index contributed by atoms with van der Waals surface area (Å²) < 4.78 is 5.57. The van der Waals surface area contributed by atoms with Crippen molar-refractivity contribution in [1.82, 2.24) is 0 Å². The van der Waals surface area contributed by atoms with Gasteiger partial charge in [-0.05, 0) is 17.5 Å². The van der Waals surface area contributed by atoms with Crippen molar-refractivity contribution >= 4 is 0 Å². The standard InChI is InChI=1S/C12H15NO/c1-12(2,3)9-14-11-7-5-4-6-10(11)8-13/h4-7H,9H2,1-3H3. The molecule has 0 spiro atoms. The highest BCUT2D eigenvalue weighted by molar-refractivity contribution is 5.42. The number of hydrogen-bond donors (Lipinski definition) is 0. The molecule has 2 heteroatoms. The zero-order valence-corrected chi connectivity index (χ0v) is 8.87. The van der Waals surface area contributed by atoms with Crippen molar-refractivity contribution in [2.45, 2.75) is 20.8 Å². The molecule has 0 aliphatic carbocycles. The fourth-order valence-electron chi connectivity index (χ4n) is 0.979. The SMILES string of the molecule is CC(C)(C)COc1ccccc1C#N. The van der Waals surface area contributed by atoms with Crippen LogP contribution in [0.2, 0.25) is 0 Å². The van der Waals surface area contributed by atoms with Crippen LogP contribution in [0.3, 0.4) is 0 Å². The minimum atomic E-state index is 0.114. The number of ether oxygens (including phenoxy) is 1. The van der Waals surface area contributed by atoms with Gasteiger partial charge in [0.2, 0.25) is 0 Å². The zero-order chi connectivity index (χ0) is 10.6. The molecule has 1 aromatic carbocycles. The Kier molecular flexibility index (Phi) is 3.14. The summed E-state index contributed by atoms with van der Waals surface area (Å²) in [6.07, 6.45) is 0. The summed E-state index contributed by atoms with van der Waals surface area (Å²) in [5, 5.41) is 8.82. The van der Waals surface area contributed by atoms with Crippen molar-refractivity contribution in [3.8, 4) is 11.8 Å². The van der Waals surface area contributed by atoms with Crippen LogP contribution in [0.5, 0.6) is 5.75 Å². The summed E-state index contributed by atoms with van der Waals surface area (Å²) in [5.41, 5.74) is 0.708. The van der Waals surface area contributed by atoms with Gasteiger partial charge >= 0.3 is 0 Å². The Hall–Kier alpha value is -1.49. The Morgan fingerprint density at radius 2 is 1.93 bits per heavy atom. The van der Waals surface area contributed by atoms with Gasteiger partial charge in [-0.1, -0.05) is 32.9 Å². The van der Waals surface area contributed by atoms with Crippen LogP contribution in [-0.4, -0.2) is 6.61 Å². The van der Waals surface area contributed by atoms with E-state index in [2.05, 4.69) is 26.8 Å². The molecule has 0 fully saturated rings. The van der Waals surface area contributed by atoms with E-state index >= 15 is 0 Å². The molecule has 0 radical (unpaired) electrons. The summed E-state index contributed by atoms with van der Waals surface area (Å²) in [7, 11) is 0. The lowest BCUT2D eigenvalue weighted by Crippen LogP contribution is -2.17. The van der Waals surface area contributed by atoms with E-state index in [1.807, 2.05) is 18.2 Å². The fourth-order valence-corrected chi connectivity index (χ4v) is 0.979. The molecule has 0 N–H and O–H groups in total. The van der Waals surface area contributed by atoms with Crippen molar-refractivity contribution in [2.24, 2.45) is 5.41 Å². The topological polar surface area (TPSA) is 33.0 Å². The number of hydrogen-bond acceptors (Lipinski definition) is 2. The van der Waals surface area contributed by atoms with Crippen LogP contribution in [0, 0.1) is 16.7 Å². The van der Waals surface area contributed by atoms with Gasteiger partial charge in [-0.15, -0.1) is 0 Å². The second kappa shape index (κ2) is 4.15. The van der Waals surface area contributed by atoms with Crippen molar-refractivity contribution in [3.05, 3.63) is 29.8 Å². The summed E-state index contributed by atoms with van der Waals surface area (Å²) in [6, 6.07) is 9.40. The predicted molar refractivity (Wildman–Crippen MR) is 56.1 cm³/mol. The van der Waals surface area contributed by atoms with Crippen LogP contribution >= 0.6 is 0 Å². The van der Waals surface area contributed by atoms with Crippen molar-refractivity contribution in [3.63, 3.8) is 0 Å². The first-order valence-electron chi connectivity index (χ1n) is 4.65. The Balaban J connectivity index is 2.73. The van der Waals surface area contributed by atoms with Gasteiger partial charge in [-0.25, -0.2) is 0 Å². The first-order chi connectivity index (χ1) is 6.53. The summed E-state index contributed by atoms with van der Waals surface area (Å²) >= 11 is 0. The first kappa shape index (κ1) is 10.6. The van der Waals surface area contributed by atoms with Crippen LogP contribution in [-0.2, 0) is 0 Å². The Morgan fingerprint density at radius 1 is 1.29 bits per heavy atom. The number of benzene rings is 1. The van der Waals surface area contributed by atoms with Gasteiger partial charge < -0.3 is 4.74 Å².